The number of nitrogens with one attached hydrogen (secondary N) is 1. The highest BCUT2D eigenvalue weighted by Crippen LogP contribution is 2.28. The van der Waals surface area contributed by atoms with E-state index < -0.39 is 0 Å². The number of rotatable bonds is 9. The minimum absolute atomic E-state index is 0.0894. The quantitative estimate of drug-likeness (QED) is 0.387. The van der Waals surface area contributed by atoms with Gasteiger partial charge in [-0.15, -0.1) is 0 Å². The molecule has 1 amide bonds. The van der Waals surface area contributed by atoms with Gasteiger partial charge >= 0.3 is 0 Å². The van der Waals surface area contributed by atoms with Crippen LogP contribution in [-0.4, -0.2) is 87.7 Å². The maximum atomic E-state index is 12.6. The van der Waals surface area contributed by atoms with Gasteiger partial charge in [0.25, 0.3) is 0 Å². The molecule has 1 saturated heterocycles. The van der Waals surface area contributed by atoms with E-state index in [1.807, 2.05) is 29.8 Å². The Hall–Kier alpha value is -2.28. The van der Waals surface area contributed by atoms with Gasteiger partial charge in [-0.2, -0.15) is 0 Å². The average Bonchev–Trinajstić information content (AvgIpc) is 3.59. The fourth-order valence-electron chi connectivity index (χ4n) is 3.41. The van der Waals surface area contributed by atoms with Crippen LogP contribution < -0.4 is 10.2 Å². The molecule has 1 aliphatic carbocycles. The van der Waals surface area contributed by atoms with E-state index in [0.29, 0.717) is 6.61 Å². The molecule has 7 nitrogen and oxygen atoms in total. The normalized spacial score (nSPS) is 17.4. The number of likely N-dealkylation sites (N-methyl/N-ethyl adjacent to an activating group) is 1. The van der Waals surface area contributed by atoms with Crippen LogP contribution in [0.15, 0.2) is 35.3 Å². The summed E-state index contributed by atoms with van der Waals surface area (Å²) in [6.45, 7) is 8.52. The van der Waals surface area contributed by atoms with Crippen molar-refractivity contribution >= 4 is 17.6 Å². The van der Waals surface area contributed by atoms with Gasteiger partial charge in [0.05, 0.1) is 6.61 Å². The number of nitrogens with zero attached hydrogens (tertiary/aromatic N) is 4. The van der Waals surface area contributed by atoms with Gasteiger partial charge in [-0.1, -0.05) is 18.2 Å². The minimum atomic E-state index is 0.0894. The van der Waals surface area contributed by atoms with Crippen LogP contribution in [0.4, 0.5) is 5.69 Å². The molecule has 1 aromatic rings. The fourth-order valence-corrected chi connectivity index (χ4v) is 3.41. The van der Waals surface area contributed by atoms with Crippen LogP contribution in [0, 0.1) is 5.92 Å². The zero-order valence-electron chi connectivity index (χ0n) is 17.8. The summed E-state index contributed by atoms with van der Waals surface area (Å²) >= 11 is 0. The van der Waals surface area contributed by atoms with Crippen LogP contribution in [0.1, 0.15) is 19.8 Å². The fraction of sp³-hybridized carbons (Fsp3) is 0.636. The summed E-state index contributed by atoms with van der Waals surface area (Å²) in [6.07, 6.45) is 2.61. The number of hydrogen-bond donors (Lipinski definition) is 1. The Morgan fingerprint density at radius 2 is 1.93 bits per heavy atom. The first kappa shape index (κ1) is 21.4. The molecular formula is C22H35N5O2. The van der Waals surface area contributed by atoms with Crippen LogP contribution in [-0.2, 0) is 9.53 Å². The first-order valence-electron chi connectivity index (χ1n) is 10.8. The molecule has 2 aliphatic rings. The van der Waals surface area contributed by atoms with Gasteiger partial charge in [-0.3, -0.25) is 4.79 Å². The van der Waals surface area contributed by atoms with E-state index in [2.05, 4.69) is 39.5 Å². The van der Waals surface area contributed by atoms with Crippen LogP contribution in [0.3, 0.4) is 0 Å². The number of anilines is 1. The van der Waals surface area contributed by atoms with E-state index in [1.165, 1.54) is 18.5 Å². The van der Waals surface area contributed by atoms with Crippen molar-refractivity contribution in [2.45, 2.75) is 19.8 Å². The van der Waals surface area contributed by atoms with Gasteiger partial charge in [0.2, 0.25) is 5.91 Å². The molecule has 0 atom stereocenters. The van der Waals surface area contributed by atoms with Gasteiger partial charge in [0, 0.05) is 58.6 Å². The molecule has 0 radical (unpaired) electrons. The van der Waals surface area contributed by atoms with E-state index in [0.717, 1.165) is 57.8 Å². The molecule has 3 rings (SSSR count). The maximum absolute atomic E-state index is 12.6. The van der Waals surface area contributed by atoms with Crippen molar-refractivity contribution in [3.63, 3.8) is 0 Å². The van der Waals surface area contributed by atoms with E-state index >= 15 is 0 Å². The van der Waals surface area contributed by atoms with E-state index in [9.17, 15) is 4.79 Å². The van der Waals surface area contributed by atoms with Gasteiger partial charge in [-0.05, 0) is 37.8 Å². The molecule has 0 unspecified atom stereocenters. The largest absolute Gasteiger partial charge is 0.379 e. The van der Waals surface area contributed by atoms with Crippen molar-refractivity contribution < 1.29 is 9.53 Å². The number of benzene rings is 1. The average molecular weight is 402 g/mol. The van der Waals surface area contributed by atoms with Crippen molar-refractivity contribution in [2.75, 3.05) is 71.0 Å². The molecule has 1 aliphatic heterocycles. The Morgan fingerprint density at radius 1 is 1.21 bits per heavy atom. The molecule has 1 aromatic carbocycles. The highest BCUT2D eigenvalue weighted by Gasteiger charge is 2.22. The topological polar surface area (TPSA) is 60.4 Å². The number of ether oxygens (including phenoxy) is 1. The number of aliphatic imine (C=N–C) groups is 1. The summed E-state index contributed by atoms with van der Waals surface area (Å²) in [4.78, 5) is 23.5. The predicted molar refractivity (Wildman–Crippen MR) is 117 cm³/mol. The third-order valence-electron chi connectivity index (χ3n) is 5.44. The Labute approximate surface area is 174 Å². The molecule has 1 N–H and O–H groups in total. The van der Waals surface area contributed by atoms with E-state index in [-0.39, 0.29) is 12.5 Å². The lowest BCUT2D eigenvalue weighted by atomic mass is 10.2. The van der Waals surface area contributed by atoms with Crippen LogP contribution in [0.25, 0.3) is 0 Å². The SMILES string of the molecule is CCNC(=NCC(=O)N1CCN(c2ccccc2)CC1)N(C)CCOCC1CC1. The second-order valence-corrected chi connectivity index (χ2v) is 7.81. The van der Waals surface area contributed by atoms with Crippen LogP contribution in [0.2, 0.25) is 0 Å². The van der Waals surface area contributed by atoms with Gasteiger partial charge < -0.3 is 24.8 Å². The van der Waals surface area contributed by atoms with Crippen molar-refractivity contribution in [1.29, 1.82) is 0 Å². The van der Waals surface area contributed by atoms with E-state index in [1.54, 1.807) is 0 Å². The maximum Gasteiger partial charge on any atom is 0.244 e. The van der Waals surface area contributed by atoms with Crippen molar-refractivity contribution in [1.82, 2.24) is 15.1 Å². The lowest BCUT2D eigenvalue weighted by molar-refractivity contribution is -0.129. The number of amides is 1. The number of piperazine rings is 1. The smallest absolute Gasteiger partial charge is 0.244 e. The third kappa shape index (κ3) is 6.92. The number of hydrogen-bond acceptors (Lipinski definition) is 4. The Bertz CT molecular complexity index is 654. The number of carbonyl (C=O) groups excluding carboxylic acids is 1. The van der Waals surface area contributed by atoms with Gasteiger partial charge in [-0.25, -0.2) is 4.99 Å². The summed E-state index contributed by atoms with van der Waals surface area (Å²) in [7, 11) is 1.99. The molecule has 29 heavy (non-hydrogen) atoms. The zero-order chi connectivity index (χ0) is 20.5. The van der Waals surface area contributed by atoms with Crippen molar-refractivity contribution in [2.24, 2.45) is 10.9 Å². The number of carbonyl (C=O) groups is 1. The second kappa shape index (κ2) is 11.0. The number of para-hydroxylation sites is 1. The standard InChI is InChI=1S/C22H35N5O2/c1-3-23-22(25(2)15-16-29-18-19-9-10-19)24-17-21(28)27-13-11-26(12-14-27)20-7-5-4-6-8-20/h4-8,19H,3,9-18H2,1-2H3,(H,23,24). The highest BCUT2D eigenvalue weighted by atomic mass is 16.5. The lowest BCUT2D eigenvalue weighted by Gasteiger charge is -2.36. The Morgan fingerprint density at radius 3 is 2.59 bits per heavy atom. The third-order valence-corrected chi connectivity index (χ3v) is 5.44. The first-order valence-corrected chi connectivity index (χ1v) is 10.8. The van der Waals surface area contributed by atoms with Crippen molar-refractivity contribution in [3.05, 3.63) is 30.3 Å². The summed E-state index contributed by atoms with van der Waals surface area (Å²) in [5.74, 6) is 1.63. The lowest BCUT2D eigenvalue weighted by Crippen LogP contribution is -2.49. The monoisotopic (exact) mass is 401 g/mol. The minimum Gasteiger partial charge on any atom is -0.379 e. The Kier molecular flexibility index (Phi) is 8.16. The number of guanidine groups is 1. The first-order chi connectivity index (χ1) is 14.2. The van der Waals surface area contributed by atoms with Crippen LogP contribution in [0.5, 0.6) is 0 Å². The van der Waals surface area contributed by atoms with Crippen LogP contribution >= 0.6 is 0 Å². The predicted octanol–water partition coefficient (Wildman–Crippen LogP) is 1.66. The summed E-state index contributed by atoms with van der Waals surface area (Å²) < 4.78 is 5.72. The summed E-state index contributed by atoms with van der Waals surface area (Å²) in [5, 5.41) is 3.27. The molecule has 0 bridgehead atoms. The summed E-state index contributed by atoms with van der Waals surface area (Å²) in [5.41, 5.74) is 1.22. The highest BCUT2D eigenvalue weighted by molar-refractivity contribution is 5.85. The summed E-state index contributed by atoms with van der Waals surface area (Å²) in [6, 6.07) is 10.4. The second-order valence-electron chi connectivity index (χ2n) is 7.81. The zero-order valence-corrected chi connectivity index (χ0v) is 17.8. The molecular weight excluding hydrogens is 366 g/mol. The molecule has 0 spiro atoms. The van der Waals surface area contributed by atoms with Crippen molar-refractivity contribution in [3.8, 4) is 0 Å². The van der Waals surface area contributed by atoms with E-state index in [4.69, 9.17) is 4.74 Å². The molecule has 7 heteroatoms. The molecule has 2 fully saturated rings. The molecule has 1 saturated carbocycles. The van der Waals surface area contributed by atoms with Gasteiger partial charge in [0.15, 0.2) is 5.96 Å². The molecule has 0 aromatic heterocycles. The Balaban J connectivity index is 1.42. The molecule has 1 heterocycles. The van der Waals surface area contributed by atoms with Gasteiger partial charge in [0.1, 0.15) is 6.54 Å². The molecule has 160 valence electrons.